The summed E-state index contributed by atoms with van der Waals surface area (Å²) < 4.78 is 10.3. The number of ether oxygens (including phenoxy) is 2. The molecule has 0 bridgehead atoms. The Morgan fingerprint density at radius 1 is 1.04 bits per heavy atom. The third kappa shape index (κ3) is 5.34. The van der Waals surface area contributed by atoms with E-state index in [1.165, 1.54) is 0 Å². The first-order chi connectivity index (χ1) is 13.6. The zero-order valence-electron chi connectivity index (χ0n) is 16.5. The van der Waals surface area contributed by atoms with Crippen molar-refractivity contribution >= 4 is 11.8 Å². The molecule has 2 aliphatic rings. The predicted molar refractivity (Wildman–Crippen MR) is 105 cm³/mol. The zero-order valence-corrected chi connectivity index (χ0v) is 16.5. The Morgan fingerprint density at radius 3 is 2.39 bits per heavy atom. The number of likely N-dealkylation sites (tertiary alicyclic amines) is 2. The van der Waals surface area contributed by atoms with Gasteiger partial charge in [-0.3, -0.25) is 9.59 Å². The molecule has 0 aromatic heterocycles. The highest BCUT2D eigenvalue weighted by molar-refractivity contribution is 5.94. The van der Waals surface area contributed by atoms with Gasteiger partial charge in [-0.15, -0.1) is 0 Å². The molecule has 2 fully saturated rings. The lowest BCUT2D eigenvalue weighted by Gasteiger charge is -2.38. The van der Waals surface area contributed by atoms with Gasteiger partial charge in [0.1, 0.15) is 6.61 Å². The number of methoxy groups -OCH3 is 1. The van der Waals surface area contributed by atoms with Crippen LogP contribution in [0.3, 0.4) is 0 Å². The molecule has 0 unspecified atom stereocenters. The van der Waals surface area contributed by atoms with Crippen LogP contribution in [0, 0.1) is 17.3 Å². The number of benzene rings is 1. The molecule has 6 nitrogen and oxygen atoms in total. The number of nitrogens with zero attached hydrogens (tertiary/aromatic N) is 2. The van der Waals surface area contributed by atoms with E-state index in [2.05, 4.69) is 11.8 Å². The molecule has 3 rings (SSSR count). The van der Waals surface area contributed by atoms with Crippen molar-refractivity contribution in [2.45, 2.75) is 19.3 Å². The lowest BCUT2D eigenvalue weighted by Crippen LogP contribution is -2.44. The number of piperidine rings is 1. The Hall–Kier alpha value is -2.36. The molecular weight excluding hydrogens is 356 g/mol. The number of rotatable bonds is 5. The second kappa shape index (κ2) is 9.72. The average molecular weight is 384 g/mol. The van der Waals surface area contributed by atoms with Crippen molar-refractivity contribution in [3.8, 4) is 11.8 Å². The summed E-state index contributed by atoms with van der Waals surface area (Å²) in [6.07, 6.45) is 2.83. The van der Waals surface area contributed by atoms with Crippen LogP contribution in [0.2, 0.25) is 0 Å². The van der Waals surface area contributed by atoms with Gasteiger partial charge in [-0.1, -0.05) is 24.1 Å². The lowest BCUT2D eigenvalue weighted by molar-refractivity contribution is -0.136. The molecular formula is C22H28N2O4. The molecule has 1 aromatic rings. The SMILES string of the molecule is COCCOCC(=O)N1CCC2(CCN(C(=O)C#Cc3ccccc3)CC2)C1. The van der Waals surface area contributed by atoms with Crippen LogP contribution in [-0.2, 0) is 19.1 Å². The van der Waals surface area contributed by atoms with Gasteiger partial charge in [0.15, 0.2) is 0 Å². The fraction of sp³-hybridized carbons (Fsp3) is 0.545. The van der Waals surface area contributed by atoms with E-state index < -0.39 is 0 Å². The first-order valence-corrected chi connectivity index (χ1v) is 9.82. The molecule has 28 heavy (non-hydrogen) atoms. The van der Waals surface area contributed by atoms with Gasteiger partial charge < -0.3 is 19.3 Å². The fourth-order valence-corrected chi connectivity index (χ4v) is 3.86. The van der Waals surface area contributed by atoms with Gasteiger partial charge in [0.05, 0.1) is 13.2 Å². The second-order valence-corrected chi connectivity index (χ2v) is 7.52. The zero-order chi connectivity index (χ0) is 19.8. The quantitative estimate of drug-likeness (QED) is 0.571. The molecule has 2 heterocycles. The number of amides is 2. The van der Waals surface area contributed by atoms with Crippen LogP contribution >= 0.6 is 0 Å². The second-order valence-electron chi connectivity index (χ2n) is 7.52. The van der Waals surface area contributed by atoms with Crippen molar-refractivity contribution in [3.63, 3.8) is 0 Å². The van der Waals surface area contributed by atoms with Crippen molar-refractivity contribution in [2.24, 2.45) is 5.41 Å². The third-order valence-corrected chi connectivity index (χ3v) is 5.65. The summed E-state index contributed by atoms with van der Waals surface area (Å²) in [5.74, 6) is 5.62. The lowest BCUT2D eigenvalue weighted by atomic mass is 9.78. The molecule has 0 atom stereocenters. The Labute approximate surface area is 166 Å². The first-order valence-electron chi connectivity index (χ1n) is 9.82. The number of carbonyl (C=O) groups is 2. The van der Waals surface area contributed by atoms with Gasteiger partial charge in [0.25, 0.3) is 5.91 Å². The highest BCUT2D eigenvalue weighted by atomic mass is 16.5. The highest BCUT2D eigenvalue weighted by Crippen LogP contribution is 2.40. The first kappa shape index (κ1) is 20.4. The molecule has 0 N–H and O–H groups in total. The van der Waals surface area contributed by atoms with Crippen LogP contribution in [0.15, 0.2) is 30.3 Å². The van der Waals surface area contributed by atoms with Crippen LogP contribution in [0.5, 0.6) is 0 Å². The van der Waals surface area contributed by atoms with Gasteiger partial charge in [-0.05, 0) is 36.8 Å². The fourth-order valence-electron chi connectivity index (χ4n) is 3.86. The van der Waals surface area contributed by atoms with Crippen molar-refractivity contribution in [1.29, 1.82) is 0 Å². The van der Waals surface area contributed by atoms with E-state index in [0.717, 1.165) is 37.9 Å². The third-order valence-electron chi connectivity index (χ3n) is 5.65. The minimum Gasteiger partial charge on any atom is -0.382 e. The van der Waals surface area contributed by atoms with E-state index in [-0.39, 0.29) is 23.8 Å². The molecule has 2 aliphatic heterocycles. The van der Waals surface area contributed by atoms with E-state index in [9.17, 15) is 9.59 Å². The van der Waals surface area contributed by atoms with Crippen LogP contribution < -0.4 is 0 Å². The minimum absolute atomic E-state index is 0.0419. The normalized spacial score (nSPS) is 18.0. The molecule has 2 saturated heterocycles. The summed E-state index contributed by atoms with van der Waals surface area (Å²) in [4.78, 5) is 28.4. The highest BCUT2D eigenvalue weighted by Gasteiger charge is 2.42. The molecule has 0 aliphatic carbocycles. The largest absolute Gasteiger partial charge is 0.382 e. The number of hydrogen-bond acceptors (Lipinski definition) is 4. The van der Waals surface area contributed by atoms with Crippen LogP contribution in [0.1, 0.15) is 24.8 Å². The summed E-state index contributed by atoms with van der Waals surface area (Å²) in [7, 11) is 1.61. The van der Waals surface area contributed by atoms with E-state index in [1.807, 2.05) is 40.1 Å². The summed E-state index contributed by atoms with van der Waals surface area (Å²) in [6, 6.07) is 9.55. The Balaban J connectivity index is 1.45. The van der Waals surface area contributed by atoms with Crippen LogP contribution in [0.4, 0.5) is 0 Å². The van der Waals surface area contributed by atoms with E-state index in [1.54, 1.807) is 7.11 Å². The smallest absolute Gasteiger partial charge is 0.298 e. The molecule has 0 saturated carbocycles. The van der Waals surface area contributed by atoms with E-state index in [4.69, 9.17) is 9.47 Å². The van der Waals surface area contributed by atoms with E-state index in [0.29, 0.717) is 26.3 Å². The van der Waals surface area contributed by atoms with Gasteiger partial charge >= 0.3 is 0 Å². The Morgan fingerprint density at radius 2 is 1.71 bits per heavy atom. The van der Waals surface area contributed by atoms with Crippen LogP contribution in [0.25, 0.3) is 0 Å². The summed E-state index contributed by atoms with van der Waals surface area (Å²) in [6.45, 7) is 3.98. The maximum atomic E-state index is 12.4. The summed E-state index contributed by atoms with van der Waals surface area (Å²) in [5.41, 5.74) is 0.980. The van der Waals surface area contributed by atoms with E-state index >= 15 is 0 Å². The van der Waals surface area contributed by atoms with Gasteiger partial charge in [-0.2, -0.15) is 0 Å². The molecule has 2 amide bonds. The summed E-state index contributed by atoms with van der Waals surface area (Å²) >= 11 is 0. The van der Waals surface area contributed by atoms with Gasteiger partial charge in [0, 0.05) is 44.8 Å². The van der Waals surface area contributed by atoms with Crippen molar-refractivity contribution in [1.82, 2.24) is 9.80 Å². The van der Waals surface area contributed by atoms with Gasteiger partial charge in [-0.25, -0.2) is 0 Å². The monoisotopic (exact) mass is 384 g/mol. The van der Waals surface area contributed by atoms with Gasteiger partial charge in [0.2, 0.25) is 5.91 Å². The molecule has 1 aromatic carbocycles. The molecule has 6 heteroatoms. The van der Waals surface area contributed by atoms with Crippen molar-refractivity contribution < 1.29 is 19.1 Å². The minimum atomic E-state index is -0.115. The standard InChI is InChI=1S/C22H28N2O4/c1-27-15-16-28-17-21(26)24-14-11-22(18-24)9-12-23(13-10-22)20(25)8-7-19-5-3-2-4-6-19/h2-6H,9-18H2,1H3. The number of hydrogen-bond donors (Lipinski definition) is 0. The molecule has 1 spiro atoms. The van der Waals surface area contributed by atoms with Crippen molar-refractivity contribution in [3.05, 3.63) is 35.9 Å². The van der Waals surface area contributed by atoms with Crippen LogP contribution in [-0.4, -0.2) is 74.7 Å². The van der Waals surface area contributed by atoms with Crippen molar-refractivity contribution in [2.75, 3.05) is 53.1 Å². The molecule has 150 valence electrons. The Bertz CT molecular complexity index is 730. The topological polar surface area (TPSA) is 59.1 Å². The maximum Gasteiger partial charge on any atom is 0.298 e. The Kier molecular flexibility index (Phi) is 7.07. The predicted octanol–water partition coefficient (Wildman–Crippen LogP) is 1.54. The number of carbonyl (C=O) groups excluding carboxylic acids is 2. The maximum absolute atomic E-state index is 12.4. The summed E-state index contributed by atoms with van der Waals surface area (Å²) in [5, 5.41) is 0. The molecule has 0 radical (unpaired) electrons. The average Bonchev–Trinajstić information content (AvgIpc) is 3.14.